The van der Waals surface area contributed by atoms with E-state index < -0.39 is 6.10 Å². The van der Waals surface area contributed by atoms with E-state index in [1.165, 1.54) is 12.8 Å². The van der Waals surface area contributed by atoms with Crippen LogP contribution in [0.3, 0.4) is 0 Å². The molecule has 1 aliphatic heterocycles. The molecule has 1 fully saturated rings. The lowest BCUT2D eigenvalue weighted by molar-refractivity contribution is 0.0342. The zero-order chi connectivity index (χ0) is 17.6. The number of aliphatic hydroxyl groups is 1. The predicted octanol–water partition coefficient (Wildman–Crippen LogP) is 2.19. The Labute approximate surface area is 149 Å². The van der Waals surface area contributed by atoms with Gasteiger partial charge in [0.15, 0.2) is 0 Å². The molecule has 0 spiro atoms. The summed E-state index contributed by atoms with van der Waals surface area (Å²) in [5.41, 5.74) is 2.21. The van der Waals surface area contributed by atoms with Gasteiger partial charge in [0.05, 0.1) is 6.54 Å². The number of ether oxygens (including phenoxy) is 1. The van der Waals surface area contributed by atoms with E-state index >= 15 is 0 Å². The highest BCUT2D eigenvalue weighted by atomic mass is 16.5. The van der Waals surface area contributed by atoms with Crippen molar-refractivity contribution in [1.29, 1.82) is 0 Å². The number of rotatable bonds is 7. The molecule has 136 valence electrons. The van der Waals surface area contributed by atoms with Crippen LogP contribution in [0.2, 0.25) is 0 Å². The molecule has 1 saturated heterocycles. The van der Waals surface area contributed by atoms with Gasteiger partial charge in [-0.1, -0.05) is 24.6 Å². The SMILES string of the molecule is Cc1cccc(C)c1OC[C@@H](O)CN1CCCC[C@@H]1Cn1cncn1. The van der Waals surface area contributed by atoms with Crippen LogP contribution in [0.25, 0.3) is 0 Å². The molecule has 2 atom stereocenters. The van der Waals surface area contributed by atoms with Crippen LogP contribution in [0, 0.1) is 13.8 Å². The van der Waals surface area contributed by atoms with Crippen molar-refractivity contribution in [3.8, 4) is 5.75 Å². The van der Waals surface area contributed by atoms with Gasteiger partial charge in [-0.2, -0.15) is 5.10 Å². The second-order valence-electron chi connectivity index (χ2n) is 6.95. The van der Waals surface area contributed by atoms with Gasteiger partial charge in [-0.05, 0) is 44.4 Å². The molecule has 6 nitrogen and oxygen atoms in total. The average molecular weight is 344 g/mol. The van der Waals surface area contributed by atoms with E-state index in [-0.39, 0.29) is 0 Å². The number of para-hydroxylation sites is 1. The summed E-state index contributed by atoms with van der Waals surface area (Å²) in [6.07, 6.45) is 6.36. The highest BCUT2D eigenvalue weighted by Gasteiger charge is 2.25. The minimum atomic E-state index is -0.504. The van der Waals surface area contributed by atoms with Gasteiger partial charge in [-0.25, -0.2) is 4.98 Å². The molecule has 0 aliphatic carbocycles. The van der Waals surface area contributed by atoms with Gasteiger partial charge in [0, 0.05) is 12.6 Å². The third-order valence-electron chi connectivity index (χ3n) is 4.89. The number of hydrogen-bond donors (Lipinski definition) is 1. The molecule has 0 amide bonds. The lowest BCUT2D eigenvalue weighted by Crippen LogP contribution is -2.46. The number of hydrogen-bond acceptors (Lipinski definition) is 5. The van der Waals surface area contributed by atoms with Gasteiger partial charge >= 0.3 is 0 Å². The fourth-order valence-electron chi connectivity index (χ4n) is 3.58. The normalized spacial score (nSPS) is 19.7. The van der Waals surface area contributed by atoms with Gasteiger partial charge in [-0.3, -0.25) is 9.58 Å². The summed E-state index contributed by atoms with van der Waals surface area (Å²) in [6, 6.07) is 6.49. The van der Waals surface area contributed by atoms with E-state index in [9.17, 15) is 5.11 Å². The van der Waals surface area contributed by atoms with Crippen molar-refractivity contribution in [3.63, 3.8) is 0 Å². The third-order valence-corrected chi connectivity index (χ3v) is 4.89. The third kappa shape index (κ3) is 4.80. The summed E-state index contributed by atoms with van der Waals surface area (Å²) < 4.78 is 7.79. The number of nitrogens with zero attached hydrogens (tertiary/aromatic N) is 4. The number of likely N-dealkylation sites (tertiary alicyclic amines) is 1. The van der Waals surface area contributed by atoms with Crippen molar-refractivity contribution < 1.29 is 9.84 Å². The van der Waals surface area contributed by atoms with Crippen LogP contribution in [0.5, 0.6) is 5.75 Å². The van der Waals surface area contributed by atoms with Crippen molar-refractivity contribution in [1.82, 2.24) is 19.7 Å². The van der Waals surface area contributed by atoms with E-state index in [4.69, 9.17) is 4.74 Å². The molecule has 1 aromatic carbocycles. The average Bonchev–Trinajstić information content (AvgIpc) is 3.09. The largest absolute Gasteiger partial charge is 0.490 e. The van der Waals surface area contributed by atoms with E-state index in [0.29, 0.717) is 19.2 Å². The molecular formula is C19H28N4O2. The van der Waals surface area contributed by atoms with Gasteiger partial charge in [0.25, 0.3) is 0 Å². The lowest BCUT2D eigenvalue weighted by atomic mass is 10.0. The standard InChI is InChI=1S/C19H28N4O2/c1-15-6-5-7-16(2)19(15)25-12-18(24)11-22-9-4-3-8-17(22)10-23-14-20-13-21-23/h5-7,13-14,17-18,24H,3-4,8-12H2,1-2H3/t17-,18+/m1/s1. The minimum Gasteiger partial charge on any atom is -0.490 e. The minimum absolute atomic E-state index is 0.318. The smallest absolute Gasteiger partial charge is 0.137 e. The topological polar surface area (TPSA) is 63.4 Å². The maximum absolute atomic E-state index is 10.5. The zero-order valence-electron chi connectivity index (χ0n) is 15.1. The number of piperidine rings is 1. The van der Waals surface area contributed by atoms with Crippen molar-refractivity contribution in [2.24, 2.45) is 0 Å². The Balaban J connectivity index is 1.54. The summed E-state index contributed by atoms with van der Waals surface area (Å²) in [6.45, 7) is 6.85. The Kier molecular flexibility index (Phi) is 6.04. The van der Waals surface area contributed by atoms with Crippen LogP contribution in [-0.4, -0.2) is 56.6 Å². The Morgan fingerprint density at radius 1 is 1.28 bits per heavy atom. The number of β-amino-alcohol motifs (C(OH)–C–C–N with tert-alkyl or cyclic N) is 1. The molecule has 0 saturated carbocycles. The van der Waals surface area contributed by atoms with Crippen molar-refractivity contribution in [2.45, 2.75) is 51.8 Å². The summed E-state index contributed by atoms with van der Waals surface area (Å²) in [7, 11) is 0. The van der Waals surface area contributed by atoms with Crippen LogP contribution >= 0.6 is 0 Å². The Morgan fingerprint density at radius 3 is 2.80 bits per heavy atom. The first-order chi connectivity index (χ1) is 12.1. The first kappa shape index (κ1) is 17.9. The highest BCUT2D eigenvalue weighted by molar-refractivity contribution is 5.39. The molecule has 1 N–H and O–H groups in total. The first-order valence-corrected chi connectivity index (χ1v) is 9.07. The summed E-state index contributed by atoms with van der Waals surface area (Å²) in [4.78, 5) is 6.38. The van der Waals surface area contributed by atoms with Crippen molar-refractivity contribution in [3.05, 3.63) is 42.0 Å². The monoisotopic (exact) mass is 344 g/mol. The summed E-state index contributed by atoms with van der Waals surface area (Å²) in [5, 5.41) is 14.7. The molecule has 0 radical (unpaired) electrons. The number of benzene rings is 1. The maximum atomic E-state index is 10.5. The Morgan fingerprint density at radius 2 is 2.08 bits per heavy atom. The Bertz CT molecular complexity index is 639. The van der Waals surface area contributed by atoms with Gasteiger partial charge in [-0.15, -0.1) is 0 Å². The fraction of sp³-hybridized carbons (Fsp3) is 0.579. The molecular weight excluding hydrogens is 316 g/mol. The van der Waals surface area contributed by atoms with Gasteiger partial charge in [0.2, 0.25) is 0 Å². The quantitative estimate of drug-likeness (QED) is 0.834. The summed E-state index contributed by atoms with van der Waals surface area (Å²) >= 11 is 0. The number of aryl methyl sites for hydroxylation is 2. The second-order valence-corrected chi connectivity index (χ2v) is 6.95. The molecule has 1 aliphatic rings. The predicted molar refractivity (Wildman–Crippen MR) is 96.7 cm³/mol. The first-order valence-electron chi connectivity index (χ1n) is 9.07. The van der Waals surface area contributed by atoms with Crippen molar-refractivity contribution in [2.75, 3.05) is 19.7 Å². The highest BCUT2D eigenvalue weighted by Crippen LogP contribution is 2.23. The molecule has 3 rings (SSSR count). The molecule has 0 bridgehead atoms. The zero-order valence-corrected chi connectivity index (χ0v) is 15.1. The number of aromatic nitrogens is 3. The van der Waals surface area contributed by atoms with Crippen LogP contribution in [0.4, 0.5) is 0 Å². The summed E-state index contributed by atoms with van der Waals surface area (Å²) in [5.74, 6) is 0.888. The molecule has 25 heavy (non-hydrogen) atoms. The van der Waals surface area contributed by atoms with Gasteiger partial charge in [0.1, 0.15) is 31.1 Å². The van der Waals surface area contributed by atoms with Crippen molar-refractivity contribution >= 4 is 0 Å². The molecule has 2 aromatic rings. The second kappa shape index (κ2) is 8.45. The van der Waals surface area contributed by atoms with Crippen LogP contribution < -0.4 is 4.74 Å². The molecule has 2 heterocycles. The number of aliphatic hydroxyl groups excluding tert-OH is 1. The van der Waals surface area contributed by atoms with E-state index in [2.05, 4.69) is 15.0 Å². The molecule has 1 aromatic heterocycles. The molecule has 6 heteroatoms. The molecule has 0 unspecified atom stereocenters. The van der Waals surface area contributed by atoms with E-state index in [1.54, 1.807) is 12.7 Å². The van der Waals surface area contributed by atoms with E-state index in [1.807, 2.05) is 36.7 Å². The van der Waals surface area contributed by atoms with Crippen LogP contribution in [-0.2, 0) is 6.54 Å². The Hall–Kier alpha value is -1.92. The van der Waals surface area contributed by atoms with Crippen LogP contribution in [0.15, 0.2) is 30.9 Å². The lowest BCUT2D eigenvalue weighted by Gasteiger charge is -2.36. The maximum Gasteiger partial charge on any atom is 0.137 e. The fourth-order valence-corrected chi connectivity index (χ4v) is 3.58. The van der Waals surface area contributed by atoms with Gasteiger partial charge < -0.3 is 9.84 Å². The van der Waals surface area contributed by atoms with Crippen LogP contribution in [0.1, 0.15) is 30.4 Å². The van der Waals surface area contributed by atoms with E-state index in [0.717, 1.165) is 36.4 Å².